The van der Waals surface area contributed by atoms with Crippen molar-refractivity contribution in [2.24, 2.45) is 4.99 Å². The summed E-state index contributed by atoms with van der Waals surface area (Å²) in [5.41, 5.74) is 0. The standard InChI is InChI=1S/C14H27N5O3.HI/c1-5-15-13(16-10-12(20)18(2)3)17-11-6-8-19(9-7-11)14(21)22-4;/h11H,5-10H2,1-4H3,(H2,15,16,17);1H. The lowest BCUT2D eigenvalue weighted by Gasteiger charge is -2.32. The van der Waals surface area contributed by atoms with Crippen molar-refractivity contribution < 1.29 is 14.3 Å². The van der Waals surface area contributed by atoms with Gasteiger partial charge < -0.3 is 25.2 Å². The lowest BCUT2D eigenvalue weighted by Crippen LogP contribution is -2.50. The van der Waals surface area contributed by atoms with Crippen LogP contribution >= 0.6 is 24.0 Å². The average molecular weight is 441 g/mol. The molecule has 23 heavy (non-hydrogen) atoms. The van der Waals surface area contributed by atoms with E-state index in [0.717, 1.165) is 19.4 Å². The summed E-state index contributed by atoms with van der Waals surface area (Å²) in [4.78, 5) is 30.5. The molecular weight excluding hydrogens is 413 g/mol. The van der Waals surface area contributed by atoms with E-state index in [2.05, 4.69) is 15.6 Å². The SMILES string of the molecule is CCNC(=NCC(=O)N(C)C)NC1CCN(C(=O)OC)CC1.I. The predicted molar refractivity (Wildman–Crippen MR) is 100 cm³/mol. The molecule has 1 aliphatic rings. The molecule has 0 aromatic carbocycles. The van der Waals surface area contributed by atoms with Crippen LogP contribution in [0.3, 0.4) is 0 Å². The number of nitrogens with one attached hydrogen (secondary N) is 2. The maximum atomic E-state index is 11.6. The van der Waals surface area contributed by atoms with Gasteiger partial charge in [0, 0.05) is 39.8 Å². The summed E-state index contributed by atoms with van der Waals surface area (Å²) in [5, 5.41) is 6.45. The number of likely N-dealkylation sites (N-methyl/N-ethyl adjacent to an activating group) is 1. The molecule has 1 heterocycles. The van der Waals surface area contributed by atoms with Gasteiger partial charge in [-0.2, -0.15) is 0 Å². The smallest absolute Gasteiger partial charge is 0.409 e. The Kier molecular flexibility index (Phi) is 10.7. The molecule has 8 nitrogen and oxygen atoms in total. The second-order valence-corrected chi connectivity index (χ2v) is 5.36. The van der Waals surface area contributed by atoms with Gasteiger partial charge in [-0.15, -0.1) is 24.0 Å². The van der Waals surface area contributed by atoms with Crippen LogP contribution in [-0.4, -0.2) is 81.2 Å². The van der Waals surface area contributed by atoms with Crippen LogP contribution in [-0.2, 0) is 9.53 Å². The summed E-state index contributed by atoms with van der Waals surface area (Å²) in [6.45, 7) is 4.12. The van der Waals surface area contributed by atoms with Gasteiger partial charge in [0.05, 0.1) is 7.11 Å². The minimum absolute atomic E-state index is 0. The van der Waals surface area contributed by atoms with E-state index >= 15 is 0 Å². The Hall–Kier alpha value is -1.26. The zero-order valence-electron chi connectivity index (χ0n) is 14.3. The summed E-state index contributed by atoms with van der Waals surface area (Å²) in [6.07, 6.45) is 1.36. The normalized spacial score (nSPS) is 15.5. The number of methoxy groups -OCH3 is 1. The average Bonchev–Trinajstić information content (AvgIpc) is 2.52. The number of ether oxygens (including phenoxy) is 1. The molecular formula is C14H28IN5O3. The maximum Gasteiger partial charge on any atom is 0.409 e. The molecule has 0 atom stereocenters. The molecule has 134 valence electrons. The van der Waals surface area contributed by atoms with Crippen LogP contribution in [0.1, 0.15) is 19.8 Å². The first kappa shape index (κ1) is 21.7. The van der Waals surface area contributed by atoms with Crippen molar-refractivity contribution in [3.63, 3.8) is 0 Å². The Morgan fingerprint density at radius 2 is 1.91 bits per heavy atom. The zero-order valence-corrected chi connectivity index (χ0v) is 16.6. The fraction of sp³-hybridized carbons (Fsp3) is 0.786. The Labute approximate surface area is 155 Å². The maximum absolute atomic E-state index is 11.6. The molecule has 2 amide bonds. The second kappa shape index (κ2) is 11.3. The van der Waals surface area contributed by atoms with Crippen LogP contribution in [0, 0.1) is 0 Å². The van der Waals surface area contributed by atoms with Crippen LogP contribution in [0.4, 0.5) is 4.79 Å². The number of likely N-dealkylation sites (tertiary alicyclic amines) is 1. The van der Waals surface area contributed by atoms with Crippen molar-refractivity contribution in [1.82, 2.24) is 20.4 Å². The molecule has 0 aliphatic carbocycles. The largest absolute Gasteiger partial charge is 0.453 e. The number of halogens is 1. The predicted octanol–water partition coefficient (Wildman–Crippen LogP) is 0.479. The molecule has 0 aromatic rings. The number of guanidine groups is 1. The Balaban J connectivity index is 0.00000484. The molecule has 0 radical (unpaired) electrons. The van der Waals surface area contributed by atoms with E-state index in [1.54, 1.807) is 19.0 Å². The van der Waals surface area contributed by atoms with Gasteiger partial charge in [0.25, 0.3) is 0 Å². The fourth-order valence-electron chi connectivity index (χ4n) is 2.14. The monoisotopic (exact) mass is 441 g/mol. The van der Waals surface area contributed by atoms with E-state index in [4.69, 9.17) is 4.74 Å². The Morgan fingerprint density at radius 1 is 1.30 bits per heavy atom. The summed E-state index contributed by atoms with van der Waals surface area (Å²) in [6, 6.07) is 0.230. The lowest BCUT2D eigenvalue weighted by molar-refractivity contribution is -0.127. The Morgan fingerprint density at radius 3 is 2.39 bits per heavy atom. The minimum Gasteiger partial charge on any atom is -0.453 e. The van der Waals surface area contributed by atoms with Gasteiger partial charge in [-0.25, -0.2) is 9.79 Å². The van der Waals surface area contributed by atoms with Gasteiger partial charge in [-0.3, -0.25) is 4.79 Å². The summed E-state index contributed by atoms with van der Waals surface area (Å²) < 4.78 is 4.72. The zero-order chi connectivity index (χ0) is 16.5. The number of aliphatic imine (C=N–C) groups is 1. The Bertz CT molecular complexity index is 409. The number of amides is 2. The first-order valence-corrected chi connectivity index (χ1v) is 7.55. The highest BCUT2D eigenvalue weighted by Crippen LogP contribution is 2.11. The van der Waals surface area contributed by atoms with Crippen molar-refractivity contribution in [3.05, 3.63) is 0 Å². The molecule has 0 saturated carbocycles. The third kappa shape index (κ3) is 7.71. The first-order chi connectivity index (χ1) is 10.5. The van der Waals surface area contributed by atoms with E-state index in [9.17, 15) is 9.59 Å². The summed E-state index contributed by atoms with van der Waals surface area (Å²) in [7, 11) is 4.81. The van der Waals surface area contributed by atoms with Crippen LogP contribution in [0.25, 0.3) is 0 Å². The quantitative estimate of drug-likeness (QED) is 0.377. The highest BCUT2D eigenvalue weighted by Gasteiger charge is 2.23. The van der Waals surface area contributed by atoms with Crippen LogP contribution in [0.5, 0.6) is 0 Å². The molecule has 9 heteroatoms. The molecule has 1 saturated heterocycles. The number of hydrogen-bond acceptors (Lipinski definition) is 4. The molecule has 1 aliphatic heterocycles. The van der Waals surface area contributed by atoms with Crippen LogP contribution in [0.2, 0.25) is 0 Å². The van der Waals surface area contributed by atoms with E-state index in [-0.39, 0.29) is 48.6 Å². The van der Waals surface area contributed by atoms with Gasteiger partial charge in [0.15, 0.2) is 5.96 Å². The van der Waals surface area contributed by atoms with Gasteiger partial charge in [-0.05, 0) is 19.8 Å². The fourth-order valence-corrected chi connectivity index (χ4v) is 2.14. The summed E-state index contributed by atoms with van der Waals surface area (Å²) in [5.74, 6) is 0.590. The number of rotatable bonds is 4. The molecule has 1 fully saturated rings. The molecule has 0 aromatic heterocycles. The van der Waals surface area contributed by atoms with Crippen molar-refractivity contribution in [2.45, 2.75) is 25.8 Å². The van der Waals surface area contributed by atoms with Gasteiger partial charge in [-0.1, -0.05) is 0 Å². The third-order valence-corrected chi connectivity index (χ3v) is 3.48. The molecule has 0 spiro atoms. The van der Waals surface area contributed by atoms with Crippen molar-refractivity contribution >= 4 is 41.9 Å². The molecule has 0 bridgehead atoms. The van der Waals surface area contributed by atoms with Gasteiger partial charge >= 0.3 is 6.09 Å². The number of hydrogen-bond donors (Lipinski definition) is 2. The number of piperidine rings is 1. The van der Waals surface area contributed by atoms with Crippen LogP contribution < -0.4 is 10.6 Å². The van der Waals surface area contributed by atoms with Crippen molar-refractivity contribution in [2.75, 3.05) is 47.4 Å². The highest BCUT2D eigenvalue weighted by molar-refractivity contribution is 14.0. The lowest BCUT2D eigenvalue weighted by atomic mass is 10.1. The topological polar surface area (TPSA) is 86.3 Å². The van der Waals surface area contributed by atoms with Gasteiger partial charge in [0.2, 0.25) is 5.91 Å². The van der Waals surface area contributed by atoms with E-state index in [1.807, 2.05) is 6.92 Å². The van der Waals surface area contributed by atoms with E-state index < -0.39 is 0 Å². The van der Waals surface area contributed by atoms with Gasteiger partial charge in [0.1, 0.15) is 6.54 Å². The molecule has 1 rings (SSSR count). The third-order valence-electron chi connectivity index (χ3n) is 3.48. The van der Waals surface area contributed by atoms with Crippen molar-refractivity contribution in [1.29, 1.82) is 0 Å². The molecule has 0 unspecified atom stereocenters. The minimum atomic E-state index is -0.282. The highest BCUT2D eigenvalue weighted by atomic mass is 127. The molecule has 2 N–H and O–H groups in total. The first-order valence-electron chi connectivity index (χ1n) is 7.55. The van der Waals surface area contributed by atoms with E-state index in [0.29, 0.717) is 19.0 Å². The number of carbonyl (C=O) groups excluding carboxylic acids is 2. The van der Waals surface area contributed by atoms with Crippen molar-refractivity contribution in [3.8, 4) is 0 Å². The van der Waals surface area contributed by atoms with E-state index in [1.165, 1.54) is 12.0 Å². The number of carbonyl (C=O) groups is 2. The summed E-state index contributed by atoms with van der Waals surface area (Å²) >= 11 is 0. The number of nitrogens with zero attached hydrogens (tertiary/aromatic N) is 3. The second-order valence-electron chi connectivity index (χ2n) is 5.36. The van der Waals surface area contributed by atoms with Crippen LogP contribution in [0.15, 0.2) is 4.99 Å².